The number of piperidine rings is 1. The van der Waals surface area contributed by atoms with Gasteiger partial charge in [0.25, 0.3) is 0 Å². The van der Waals surface area contributed by atoms with Crippen molar-refractivity contribution in [2.75, 3.05) is 25.0 Å². The second-order valence-corrected chi connectivity index (χ2v) is 6.80. The van der Waals surface area contributed by atoms with Crippen LogP contribution in [0, 0.1) is 17.2 Å². The molecule has 2 rings (SSSR count). The number of anilines is 1. The summed E-state index contributed by atoms with van der Waals surface area (Å²) in [5.74, 6) is 0.688. The molecule has 0 amide bonds. The number of likely N-dealkylation sites (tertiary alicyclic amines) is 1. The minimum absolute atomic E-state index is 0.439. The van der Waals surface area contributed by atoms with Crippen molar-refractivity contribution in [2.24, 2.45) is 5.92 Å². The molecule has 1 saturated heterocycles. The zero-order valence-electron chi connectivity index (χ0n) is 12.9. The molecule has 4 heteroatoms. The first-order chi connectivity index (χ1) is 10.1. The maximum Gasteiger partial charge on any atom is 0.0992 e. The predicted octanol–water partition coefficient (Wildman–Crippen LogP) is 4.24. The fourth-order valence-electron chi connectivity index (χ4n) is 3.08. The van der Waals surface area contributed by atoms with Crippen molar-refractivity contribution < 1.29 is 0 Å². The Morgan fingerprint density at radius 1 is 1.52 bits per heavy atom. The van der Waals surface area contributed by atoms with Gasteiger partial charge in [-0.3, -0.25) is 0 Å². The molecule has 2 unspecified atom stereocenters. The van der Waals surface area contributed by atoms with Gasteiger partial charge in [0, 0.05) is 22.7 Å². The first kappa shape index (κ1) is 16.3. The highest BCUT2D eigenvalue weighted by Crippen LogP contribution is 2.27. The van der Waals surface area contributed by atoms with Crippen molar-refractivity contribution in [3.8, 4) is 6.07 Å². The van der Waals surface area contributed by atoms with Gasteiger partial charge in [0.2, 0.25) is 0 Å². The summed E-state index contributed by atoms with van der Waals surface area (Å²) >= 11 is 3.55. The van der Waals surface area contributed by atoms with Crippen LogP contribution in [0.1, 0.15) is 38.7 Å². The van der Waals surface area contributed by atoms with Crippen LogP contribution in [0.2, 0.25) is 0 Å². The molecule has 1 aliphatic rings. The monoisotopic (exact) mass is 349 g/mol. The molecule has 114 valence electrons. The van der Waals surface area contributed by atoms with Crippen molar-refractivity contribution in [1.82, 2.24) is 4.90 Å². The summed E-state index contributed by atoms with van der Waals surface area (Å²) < 4.78 is 0.967. The largest absolute Gasteiger partial charge is 0.381 e. The first-order valence-electron chi connectivity index (χ1n) is 7.82. The fraction of sp³-hybridized carbons (Fsp3) is 0.588. The zero-order chi connectivity index (χ0) is 15.2. The lowest BCUT2D eigenvalue weighted by atomic mass is 9.91. The molecule has 0 bridgehead atoms. The van der Waals surface area contributed by atoms with Crippen LogP contribution in [-0.2, 0) is 0 Å². The standard InChI is InChI=1S/C17H24BrN3/c1-3-8-21-9-4-5-15(12-21)13(2)20-17-7-6-14(11-19)10-16(17)18/h6-7,10,13,15,20H,3-5,8-9,12H2,1-2H3. The van der Waals surface area contributed by atoms with Crippen molar-refractivity contribution in [3.05, 3.63) is 28.2 Å². The lowest BCUT2D eigenvalue weighted by molar-refractivity contribution is 0.165. The van der Waals surface area contributed by atoms with Crippen LogP contribution >= 0.6 is 15.9 Å². The summed E-state index contributed by atoms with van der Waals surface area (Å²) in [4.78, 5) is 2.58. The number of nitriles is 1. The smallest absolute Gasteiger partial charge is 0.0992 e. The van der Waals surface area contributed by atoms with Gasteiger partial charge in [-0.1, -0.05) is 6.92 Å². The average Bonchev–Trinajstić information content (AvgIpc) is 2.50. The molecule has 1 fully saturated rings. The van der Waals surface area contributed by atoms with E-state index in [1.54, 1.807) is 0 Å². The second kappa shape index (κ2) is 7.82. The Hall–Kier alpha value is -1.05. The van der Waals surface area contributed by atoms with Crippen molar-refractivity contribution in [3.63, 3.8) is 0 Å². The number of rotatable bonds is 5. The van der Waals surface area contributed by atoms with E-state index in [4.69, 9.17) is 5.26 Å². The average molecular weight is 350 g/mol. The molecule has 0 spiro atoms. The molecule has 1 aromatic carbocycles. The number of hydrogen-bond acceptors (Lipinski definition) is 3. The van der Waals surface area contributed by atoms with E-state index in [2.05, 4.69) is 46.1 Å². The third-order valence-electron chi connectivity index (χ3n) is 4.27. The van der Waals surface area contributed by atoms with Crippen LogP contribution in [0.25, 0.3) is 0 Å². The third-order valence-corrected chi connectivity index (χ3v) is 4.93. The first-order valence-corrected chi connectivity index (χ1v) is 8.62. The highest BCUT2D eigenvalue weighted by Gasteiger charge is 2.24. The Bertz CT molecular complexity index is 507. The molecule has 0 aromatic heterocycles. The Morgan fingerprint density at radius 3 is 3.00 bits per heavy atom. The number of hydrogen-bond donors (Lipinski definition) is 1. The van der Waals surface area contributed by atoms with E-state index in [-0.39, 0.29) is 0 Å². The normalized spacial score (nSPS) is 20.8. The van der Waals surface area contributed by atoms with Gasteiger partial charge in [-0.05, 0) is 79.3 Å². The van der Waals surface area contributed by atoms with Gasteiger partial charge in [0.15, 0.2) is 0 Å². The summed E-state index contributed by atoms with van der Waals surface area (Å²) in [6, 6.07) is 8.34. The Kier molecular flexibility index (Phi) is 6.08. The van der Waals surface area contributed by atoms with Gasteiger partial charge < -0.3 is 10.2 Å². The number of halogens is 1. The lowest BCUT2D eigenvalue weighted by Crippen LogP contribution is -2.42. The van der Waals surface area contributed by atoms with Crippen molar-refractivity contribution in [1.29, 1.82) is 5.26 Å². The molecule has 1 heterocycles. The van der Waals surface area contributed by atoms with Crippen LogP contribution in [-0.4, -0.2) is 30.6 Å². The molecule has 1 aliphatic heterocycles. The van der Waals surface area contributed by atoms with Gasteiger partial charge in [0.1, 0.15) is 0 Å². The summed E-state index contributed by atoms with van der Waals surface area (Å²) in [7, 11) is 0. The second-order valence-electron chi connectivity index (χ2n) is 5.94. The minimum Gasteiger partial charge on any atom is -0.381 e. The zero-order valence-corrected chi connectivity index (χ0v) is 14.5. The maximum absolute atomic E-state index is 8.92. The Morgan fingerprint density at radius 2 is 2.33 bits per heavy atom. The van der Waals surface area contributed by atoms with Gasteiger partial charge in [-0.2, -0.15) is 5.26 Å². The molecule has 0 radical (unpaired) electrons. The van der Waals surface area contributed by atoms with Crippen LogP contribution in [0.15, 0.2) is 22.7 Å². The highest BCUT2D eigenvalue weighted by atomic mass is 79.9. The van der Waals surface area contributed by atoms with E-state index in [9.17, 15) is 0 Å². The maximum atomic E-state index is 8.92. The van der Waals surface area contributed by atoms with E-state index in [1.807, 2.05) is 18.2 Å². The number of nitrogens with one attached hydrogen (secondary N) is 1. The number of nitrogens with zero attached hydrogens (tertiary/aromatic N) is 2. The van der Waals surface area contributed by atoms with Gasteiger partial charge in [-0.15, -0.1) is 0 Å². The van der Waals surface area contributed by atoms with Crippen molar-refractivity contribution in [2.45, 2.75) is 39.2 Å². The van der Waals surface area contributed by atoms with E-state index < -0.39 is 0 Å². The molecule has 2 atom stereocenters. The van der Waals surface area contributed by atoms with Crippen molar-refractivity contribution >= 4 is 21.6 Å². The quantitative estimate of drug-likeness (QED) is 0.863. The predicted molar refractivity (Wildman–Crippen MR) is 91.4 cm³/mol. The van der Waals surface area contributed by atoms with Crippen LogP contribution in [0.5, 0.6) is 0 Å². The van der Waals surface area contributed by atoms with E-state index in [0.29, 0.717) is 17.5 Å². The summed E-state index contributed by atoms with van der Waals surface area (Å²) in [6.45, 7) is 8.17. The van der Waals surface area contributed by atoms with E-state index >= 15 is 0 Å². The number of benzene rings is 1. The van der Waals surface area contributed by atoms with Crippen LogP contribution in [0.4, 0.5) is 5.69 Å². The van der Waals surface area contributed by atoms with Gasteiger partial charge >= 0.3 is 0 Å². The van der Waals surface area contributed by atoms with Crippen LogP contribution < -0.4 is 5.32 Å². The fourth-order valence-corrected chi connectivity index (χ4v) is 3.58. The molecular formula is C17H24BrN3. The van der Waals surface area contributed by atoms with Crippen LogP contribution in [0.3, 0.4) is 0 Å². The van der Waals surface area contributed by atoms with E-state index in [0.717, 1.165) is 10.2 Å². The molecule has 3 nitrogen and oxygen atoms in total. The molecule has 0 saturated carbocycles. The Balaban J connectivity index is 1.97. The molecule has 0 aliphatic carbocycles. The lowest BCUT2D eigenvalue weighted by Gasteiger charge is -2.36. The van der Waals surface area contributed by atoms with Gasteiger partial charge in [-0.25, -0.2) is 0 Å². The topological polar surface area (TPSA) is 39.1 Å². The summed E-state index contributed by atoms with van der Waals surface area (Å²) in [6.07, 6.45) is 3.82. The molecule has 1 N–H and O–H groups in total. The molecule has 1 aromatic rings. The molecule has 21 heavy (non-hydrogen) atoms. The third kappa shape index (κ3) is 4.46. The molecular weight excluding hydrogens is 326 g/mol. The minimum atomic E-state index is 0.439. The SMILES string of the molecule is CCCN1CCCC(C(C)Nc2ccc(C#N)cc2Br)C1. The van der Waals surface area contributed by atoms with E-state index in [1.165, 1.54) is 38.9 Å². The summed E-state index contributed by atoms with van der Waals surface area (Å²) in [5.41, 5.74) is 1.76. The summed E-state index contributed by atoms with van der Waals surface area (Å²) in [5, 5.41) is 12.5. The van der Waals surface area contributed by atoms with Gasteiger partial charge in [0.05, 0.1) is 11.6 Å². The Labute approximate surface area is 136 Å². The highest BCUT2D eigenvalue weighted by molar-refractivity contribution is 9.10.